The second-order valence-electron chi connectivity index (χ2n) is 8.28. The Morgan fingerprint density at radius 2 is 1.79 bits per heavy atom. The number of aliphatic imine (C=N–C) groups is 1. The van der Waals surface area contributed by atoms with Gasteiger partial charge >= 0.3 is 0 Å². The maximum atomic E-state index is 13.0. The van der Waals surface area contributed by atoms with Gasteiger partial charge in [0.1, 0.15) is 23.4 Å². The van der Waals surface area contributed by atoms with E-state index in [0.29, 0.717) is 57.4 Å². The van der Waals surface area contributed by atoms with Crippen LogP contribution in [0.3, 0.4) is 0 Å². The molecule has 1 amide bonds. The number of hydrogen-bond donors (Lipinski definition) is 3. The fourth-order valence-electron chi connectivity index (χ4n) is 3.66. The number of nitriles is 1. The molecule has 12 nitrogen and oxygen atoms in total. The Kier molecular flexibility index (Phi) is 10.4. The third-order valence-electron chi connectivity index (χ3n) is 5.67. The van der Waals surface area contributed by atoms with Crippen molar-refractivity contribution in [2.75, 3.05) is 32.8 Å². The molecule has 38 heavy (non-hydrogen) atoms. The van der Waals surface area contributed by atoms with Crippen molar-refractivity contribution in [3.63, 3.8) is 0 Å². The van der Waals surface area contributed by atoms with Crippen LogP contribution in [0.5, 0.6) is 11.5 Å². The number of nitrogens with zero attached hydrogens (tertiary/aromatic N) is 4. The minimum atomic E-state index is -4.46. The summed E-state index contributed by atoms with van der Waals surface area (Å²) in [7, 11) is -4.46. The van der Waals surface area contributed by atoms with E-state index in [1.54, 1.807) is 6.19 Å². The first-order valence-electron chi connectivity index (χ1n) is 11.8. The van der Waals surface area contributed by atoms with Crippen molar-refractivity contribution in [3.8, 4) is 17.7 Å². The zero-order valence-electron chi connectivity index (χ0n) is 20.5. The first-order chi connectivity index (χ1) is 18.2. The second-order valence-corrected chi connectivity index (χ2v) is 10.1. The summed E-state index contributed by atoms with van der Waals surface area (Å²) in [5.74, 6) is -0.367. The van der Waals surface area contributed by atoms with E-state index in [1.807, 2.05) is 4.90 Å². The van der Waals surface area contributed by atoms with Crippen molar-refractivity contribution >= 4 is 21.9 Å². The van der Waals surface area contributed by atoms with Crippen molar-refractivity contribution in [2.45, 2.75) is 30.2 Å². The Labute approximate surface area is 220 Å². The molecule has 1 aliphatic heterocycles. The van der Waals surface area contributed by atoms with Crippen molar-refractivity contribution in [2.24, 2.45) is 10.7 Å². The Bertz CT molecular complexity index is 1240. The molecule has 3 rings (SSSR count). The summed E-state index contributed by atoms with van der Waals surface area (Å²) in [5, 5.41) is 22.5. The van der Waals surface area contributed by atoms with Crippen LogP contribution in [-0.2, 0) is 19.6 Å². The normalized spacial score (nSPS) is 15.1. The predicted molar refractivity (Wildman–Crippen MR) is 134 cm³/mol. The molecular weight excluding hydrogens is 519 g/mol. The van der Waals surface area contributed by atoms with Crippen LogP contribution in [0.1, 0.15) is 19.3 Å². The van der Waals surface area contributed by atoms with Crippen molar-refractivity contribution < 1.29 is 32.3 Å². The number of nitrogens with one attached hydrogen (secondary N) is 1. The van der Waals surface area contributed by atoms with Crippen molar-refractivity contribution in [1.82, 2.24) is 14.7 Å². The summed E-state index contributed by atoms with van der Waals surface area (Å²) in [5.41, 5.74) is 5.39. The maximum absolute atomic E-state index is 13.0. The molecule has 0 spiro atoms. The van der Waals surface area contributed by atoms with Crippen LogP contribution >= 0.6 is 0 Å². The Morgan fingerprint density at radius 1 is 1.18 bits per heavy atom. The number of halogens is 1. The van der Waals surface area contributed by atoms with Gasteiger partial charge in [0, 0.05) is 19.6 Å². The van der Waals surface area contributed by atoms with Gasteiger partial charge in [0.2, 0.25) is 18.1 Å². The van der Waals surface area contributed by atoms with E-state index >= 15 is 0 Å². The molecule has 1 atom stereocenters. The number of unbranched alkanes of at least 4 members (excludes halogenated alkanes) is 1. The maximum Gasteiger partial charge on any atom is 0.265 e. The number of nitrogens with two attached hydrogens (primary N) is 1. The fourth-order valence-corrected chi connectivity index (χ4v) is 4.90. The first-order valence-corrected chi connectivity index (χ1v) is 13.3. The highest BCUT2D eigenvalue weighted by Crippen LogP contribution is 2.25. The van der Waals surface area contributed by atoms with Crippen LogP contribution < -0.4 is 15.8 Å². The number of hydroxylamine groups is 1. The number of ether oxygens (including phenoxy) is 2. The average molecular weight is 549 g/mol. The first kappa shape index (κ1) is 28.8. The van der Waals surface area contributed by atoms with Gasteiger partial charge in [-0.3, -0.25) is 10.0 Å². The van der Waals surface area contributed by atoms with Crippen LogP contribution in [0, 0.1) is 17.3 Å². The van der Waals surface area contributed by atoms with E-state index in [4.69, 9.17) is 20.5 Å². The molecule has 204 valence electrons. The van der Waals surface area contributed by atoms with Gasteiger partial charge in [-0.2, -0.15) is 5.26 Å². The van der Waals surface area contributed by atoms with Gasteiger partial charge < -0.3 is 25.4 Å². The molecule has 1 aliphatic rings. The van der Waals surface area contributed by atoms with E-state index in [0.717, 1.165) is 0 Å². The molecule has 0 saturated carbocycles. The number of rotatable bonds is 11. The molecule has 2 aromatic carbocycles. The van der Waals surface area contributed by atoms with Gasteiger partial charge in [0.25, 0.3) is 10.0 Å². The highest BCUT2D eigenvalue weighted by molar-refractivity contribution is 7.89. The summed E-state index contributed by atoms with van der Waals surface area (Å²) < 4.78 is 49.7. The SMILES string of the molecule is N#C/N=C(\NCCCC[C@H](C(N)=O)N(O)S(=O)(=O)c1ccc(Oc2ccc(F)cc2)cc1)N1CCOCC1. The molecule has 0 aromatic heterocycles. The fraction of sp³-hybridized carbons (Fsp3) is 0.375. The molecule has 2 aromatic rings. The molecule has 0 bridgehead atoms. The van der Waals surface area contributed by atoms with Crippen molar-refractivity contribution in [1.29, 1.82) is 5.26 Å². The van der Waals surface area contributed by atoms with E-state index in [9.17, 15) is 22.8 Å². The number of hydrogen-bond acceptors (Lipinski definition) is 8. The number of primary amides is 1. The second kappa shape index (κ2) is 13.7. The number of benzene rings is 2. The lowest BCUT2D eigenvalue weighted by atomic mass is 10.1. The minimum Gasteiger partial charge on any atom is -0.457 e. The topological polar surface area (TPSA) is 171 Å². The molecule has 1 heterocycles. The molecule has 1 fully saturated rings. The summed E-state index contributed by atoms with van der Waals surface area (Å²) in [4.78, 5) is 17.4. The lowest BCUT2D eigenvalue weighted by Gasteiger charge is -2.29. The monoisotopic (exact) mass is 548 g/mol. The summed E-state index contributed by atoms with van der Waals surface area (Å²) in [6, 6.07) is 8.95. The summed E-state index contributed by atoms with van der Waals surface area (Å²) in [6.07, 6.45) is 2.57. The lowest BCUT2D eigenvalue weighted by Crippen LogP contribution is -2.47. The highest BCUT2D eigenvalue weighted by Gasteiger charge is 2.33. The highest BCUT2D eigenvalue weighted by atomic mass is 32.2. The van der Waals surface area contributed by atoms with E-state index in [2.05, 4.69) is 10.3 Å². The van der Waals surface area contributed by atoms with Crippen molar-refractivity contribution in [3.05, 3.63) is 54.3 Å². The lowest BCUT2D eigenvalue weighted by molar-refractivity contribution is -0.131. The predicted octanol–water partition coefficient (Wildman–Crippen LogP) is 1.78. The number of guanidine groups is 1. The number of carbonyl (C=O) groups excluding carboxylic acids is 1. The largest absolute Gasteiger partial charge is 0.457 e. The number of carbonyl (C=O) groups is 1. The zero-order valence-corrected chi connectivity index (χ0v) is 21.3. The minimum absolute atomic E-state index is 0.0190. The molecule has 0 unspecified atom stereocenters. The van der Waals surface area contributed by atoms with E-state index < -0.39 is 27.8 Å². The summed E-state index contributed by atoms with van der Waals surface area (Å²) >= 11 is 0. The molecular formula is C24H29FN6O6S. The Balaban J connectivity index is 1.55. The van der Waals surface area contributed by atoms with Gasteiger partial charge in [0.05, 0.1) is 18.1 Å². The number of morpholine rings is 1. The van der Waals surface area contributed by atoms with Gasteiger partial charge in [-0.15, -0.1) is 4.99 Å². The van der Waals surface area contributed by atoms with Crippen LogP contribution in [0.15, 0.2) is 58.4 Å². The van der Waals surface area contributed by atoms with Crippen LogP contribution in [0.2, 0.25) is 0 Å². The zero-order chi connectivity index (χ0) is 27.5. The molecule has 0 radical (unpaired) electrons. The van der Waals surface area contributed by atoms with Crippen LogP contribution in [0.4, 0.5) is 4.39 Å². The van der Waals surface area contributed by atoms with E-state index in [-0.39, 0.29) is 21.5 Å². The van der Waals surface area contributed by atoms with Gasteiger partial charge in [-0.25, -0.2) is 12.8 Å². The van der Waals surface area contributed by atoms with Gasteiger partial charge in [0.15, 0.2) is 0 Å². The third-order valence-corrected chi connectivity index (χ3v) is 7.28. The third kappa shape index (κ3) is 7.86. The number of amides is 1. The summed E-state index contributed by atoms with van der Waals surface area (Å²) in [6.45, 7) is 2.63. The van der Waals surface area contributed by atoms with Crippen LogP contribution in [0.25, 0.3) is 0 Å². The average Bonchev–Trinajstić information content (AvgIpc) is 2.91. The van der Waals surface area contributed by atoms with Crippen LogP contribution in [-0.4, -0.2) is 73.8 Å². The smallest absolute Gasteiger partial charge is 0.265 e. The number of sulfonamides is 1. The standard InChI is InChI=1S/C24H29FN6O6S/c25-18-4-6-19(7-5-18)37-20-8-10-21(11-9-20)38(34,35)31(33)22(23(27)32)3-1-2-12-28-24(29-17-26)30-13-15-36-16-14-30/h4-11,22,33H,1-3,12-16H2,(H2,27,32)(H,28,29)/t22-/m1/s1. The molecule has 4 N–H and O–H groups in total. The van der Waals surface area contributed by atoms with E-state index in [1.165, 1.54) is 48.5 Å². The van der Waals surface area contributed by atoms with Gasteiger partial charge in [-0.1, -0.05) is 4.47 Å². The molecule has 14 heteroatoms. The molecule has 1 saturated heterocycles. The van der Waals surface area contributed by atoms with Gasteiger partial charge in [-0.05, 0) is 67.8 Å². The molecule has 0 aliphatic carbocycles. The Hall–Kier alpha value is -3.77. The quantitative estimate of drug-likeness (QED) is 0.124. The Morgan fingerprint density at radius 3 is 2.37 bits per heavy atom.